The Morgan fingerprint density at radius 3 is 3.05 bits per heavy atom. The van der Waals surface area contributed by atoms with Crippen LogP contribution in [0.15, 0.2) is 26.4 Å². The van der Waals surface area contributed by atoms with Crippen molar-refractivity contribution in [3.63, 3.8) is 0 Å². The average Bonchev–Trinajstić information content (AvgIpc) is 2.92. The maximum Gasteiger partial charge on any atom is 0.283 e. The van der Waals surface area contributed by atoms with Crippen LogP contribution in [0, 0.1) is 0 Å². The van der Waals surface area contributed by atoms with Crippen molar-refractivity contribution in [3.05, 3.63) is 33.2 Å². The second-order valence-corrected chi connectivity index (χ2v) is 4.75. The van der Waals surface area contributed by atoms with Crippen molar-refractivity contribution in [1.82, 2.24) is 19.9 Å². The van der Waals surface area contributed by atoms with Gasteiger partial charge in [-0.25, -0.2) is 4.68 Å². The molecule has 1 N–H and O–H groups in total. The fraction of sp³-hybridized carbons (Fsp3) is 0.455. The summed E-state index contributed by atoms with van der Waals surface area (Å²) in [5.41, 5.74) is 0.467. The van der Waals surface area contributed by atoms with E-state index in [4.69, 9.17) is 0 Å². The van der Waals surface area contributed by atoms with Crippen LogP contribution in [0.2, 0.25) is 0 Å². The van der Waals surface area contributed by atoms with Crippen LogP contribution in [-0.4, -0.2) is 19.9 Å². The van der Waals surface area contributed by atoms with Gasteiger partial charge in [0.2, 0.25) is 6.39 Å². The van der Waals surface area contributed by atoms with E-state index in [2.05, 4.69) is 47.9 Å². The molecule has 2 heterocycles. The minimum atomic E-state index is -0.147. The summed E-state index contributed by atoms with van der Waals surface area (Å²) in [6.45, 7) is 3.06. The number of aromatic nitrogens is 4. The Hall–Kier alpha value is -1.70. The molecule has 102 valence electrons. The summed E-state index contributed by atoms with van der Waals surface area (Å²) >= 11 is 3.29. The fourth-order valence-corrected chi connectivity index (χ4v) is 1.95. The molecule has 0 fully saturated rings. The van der Waals surface area contributed by atoms with Crippen LogP contribution >= 0.6 is 15.9 Å². The second kappa shape index (κ2) is 6.46. The maximum absolute atomic E-state index is 12.0. The van der Waals surface area contributed by atoms with E-state index in [1.165, 1.54) is 11.1 Å². The Balaban J connectivity index is 2.09. The molecule has 8 heteroatoms. The lowest BCUT2D eigenvalue weighted by atomic mass is 10.3. The van der Waals surface area contributed by atoms with Gasteiger partial charge in [0.25, 0.3) is 5.56 Å². The van der Waals surface area contributed by atoms with E-state index in [1.807, 2.05) is 0 Å². The molecule has 0 saturated carbocycles. The summed E-state index contributed by atoms with van der Waals surface area (Å²) in [7, 11) is 0. The number of hydrogen-bond acceptors (Lipinski definition) is 6. The smallest absolute Gasteiger partial charge is 0.283 e. The predicted molar refractivity (Wildman–Crippen MR) is 72.7 cm³/mol. The van der Waals surface area contributed by atoms with Crippen LogP contribution in [0.3, 0.4) is 0 Å². The molecule has 19 heavy (non-hydrogen) atoms. The van der Waals surface area contributed by atoms with E-state index in [-0.39, 0.29) is 5.56 Å². The minimum Gasteiger partial charge on any atom is -0.375 e. The lowest BCUT2D eigenvalue weighted by Gasteiger charge is -2.08. The van der Waals surface area contributed by atoms with Gasteiger partial charge in [-0.2, -0.15) is 10.1 Å². The lowest BCUT2D eigenvalue weighted by Crippen LogP contribution is -2.24. The summed E-state index contributed by atoms with van der Waals surface area (Å²) in [5, 5.41) is 10.8. The monoisotopic (exact) mass is 327 g/mol. The molecule has 2 aromatic rings. The first kappa shape index (κ1) is 13.7. The number of aryl methyl sites for hydroxylation is 1. The number of unbranched alkanes of at least 4 members (excludes halogenated alkanes) is 1. The molecule has 0 aliphatic rings. The highest BCUT2D eigenvalue weighted by Crippen LogP contribution is 2.16. The van der Waals surface area contributed by atoms with Crippen molar-refractivity contribution < 1.29 is 4.52 Å². The Morgan fingerprint density at radius 2 is 2.37 bits per heavy atom. The molecule has 0 radical (unpaired) electrons. The third-order valence-corrected chi connectivity index (χ3v) is 3.32. The number of halogens is 1. The summed E-state index contributed by atoms with van der Waals surface area (Å²) in [6, 6.07) is 0. The highest BCUT2D eigenvalue weighted by molar-refractivity contribution is 9.10. The van der Waals surface area contributed by atoms with Gasteiger partial charge in [-0.3, -0.25) is 4.79 Å². The second-order valence-electron chi connectivity index (χ2n) is 3.96. The van der Waals surface area contributed by atoms with Gasteiger partial charge < -0.3 is 9.84 Å². The Bertz CT molecular complexity index is 581. The van der Waals surface area contributed by atoms with Crippen molar-refractivity contribution >= 4 is 21.6 Å². The van der Waals surface area contributed by atoms with Crippen LogP contribution in [0.5, 0.6) is 0 Å². The first-order valence-electron chi connectivity index (χ1n) is 5.97. The average molecular weight is 328 g/mol. The molecule has 7 nitrogen and oxygen atoms in total. The third kappa shape index (κ3) is 3.40. The van der Waals surface area contributed by atoms with Gasteiger partial charge in [0, 0.05) is 6.54 Å². The van der Waals surface area contributed by atoms with Crippen molar-refractivity contribution in [2.45, 2.75) is 32.9 Å². The molecule has 0 unspecified atom stereocenters. The van der Waals surface area contributed by atoms with Gasteiger partial charge in [0.15, 0.2) is 5.82 Å². The molecule has 0 atom stereocenters. The first-order valence-corrected chi connectivity index (χ1v) is 6.76. The Labute approximate surface area is 118 Å². The molecule has 2 rings (SSSR count). The molecule has 0 aromatic carbocycles. The van der Waals surface area contributed by atoms with E-state index in [9.17, 15) is 4.79 Å². The first-order chi connectivity index (χ1) is 9.22. The highest BCUT2D eigenvalue weighted by Gasteiger charge is 2.09. The van der Waals surface area contributed by atoms with Gasteiger partial charge >= 0.3 is 0 Å². The highest BCUT2D eigenvalue weighted by atomic mass is 79.9. The molecule has 2 aromatic heterocycles. The van der Waals surface area contributed by atoms with E-state index < -0.39 is 0 Å². The summed E-state index contributed by atoms with van der Waals surface area (Å²) in [4.78, 5) is 15.9. The predicted octanol–water partition coefficient (Wildman–Crippen LogP) is 1.80. The summed E-state index contributed by atoms with van der Waals surface area (Å²) in [6.07, 6.45) is 4.81. The van der Waals surface area contributed by atoms with Crippen molar-refractivity contribution in [2.75, 3.05) is 5.32 Å². The molecular weight excluding hydrogens is 314 g/mol. The number of nitrogens with one attached hydrogen (secondary N) is 1. The Morgan fingerprint density at radius 1 is 1.53 bits per heavy atom. The van der Waals surface area contributed by atoms with Gasteiger partial charge in [0.1, 0.15) is 4.47 Å². The van der Waals surface area contributed by atoms with Crippen LogP contribution in [0.25, 0.3) is 0 Å². The Kier molecular flexibility index (Phi) is 4.67. The number of rotatable bonds is 6. The van der Waals surface area contributed by atoms with Gasteiger partial charge in [-0.1, -0.05) is 18.5 Å². The molecule has 0 bridgehead atoms. The number of hydrogen-bond donors (Lipinski definition) is 1. The molecule has 0 aliphatic heterocycles. The van der Waals surface area contributed by atoms with Crippen LogP contribution in [-0.2, 0) is 13.1 Å². The lowest BCUT2D eigenvalue weighted by molar-refractivity contribution is 0.411. The summed E-state index contributed by atoms with van der Waals surface area (Å²) < 4.78 is 6.54. The SMILES string of the molecule is CCCCn1ncc(NCc2ncon2)c(Br)c1=O. The van der Waals surface area contributed by atoms with E-state index in [1.54, 1.807) is 6.20 Å². The van der Waals surface area contributed by atoms with Gasteiger partial charge in [0.05, 0.1) is 18.4 Å². The molecule has 0 aliphatic carbocycles. The van der Waals surface area contributed by atoms with Crippen LogP contribution in [0.4, 0.5) is 5.69 Å². The largest absolute Gasteiger partial charge is 0.375 e. The van der Waals surface area contributed by atoms with Gasteiger partial charge in [-0.05, 0) is 22.4 Å². The fourth-order valence-electron chi connectivity index (χ4n) is 1.50. The van der Waals surface area contributed by atoms with Crippen molar-refractivity contribution in [1.29, 1.82) is 0 Å². The maximum atomic E-state index is 12.0. The summed E-state index contributed by atoms with van der Waals surface area (Å²) in [5.74, 6) is 0.516. The zero-order valence-electron chi connectivity index (χ0n) is 10.5. The van der Waals surface area contributed by atoms with E-state index in [0.29, 0.717) is 29.1 Å². The molecule has 0 amide bonds. The standard InChI is InChI=1S/C11H14BrN5O2/c1-2-3-4-17-11(18)10(12)8(5-15-17)13-6-9-14-7-19-16-9/h5,7,13H,2-4,6H2,1H3. The minimum absolute atomic E-state index is 0.147. The third-order valence-electron chi connectivity index (χ3n) is 2.55. The zero-order chi connectivity index (χ0) is 13.7. The molecular formula is C11H14BrN5O2. The topological polar surface area (TPSA) is 85.8 Å². The normalized spacial score (nSPS) is 10.6. The van der Waals surface area contributed by atoms with Crippen molar-refractivity contribution in [2.24, 2.45) is 0 Å². The van der Waals surface area contributed by atoms with Crippen LogP contribution in [0.1, 0.15) is 25.6 Å². The quantitative estimate of drug-likeness (QED) is 0.870. The van der Waals surface area contributed by atoms with E-state index in [0.717, 1.165) is 12.8 Å². The van der Waals surface area contributed by atoms with Crippen molar-refractivity contribution in [3.8, 4) is 0 Å². The zero-order valence-corrected chi connectivity index (χ0v) is 12.1. The number of anilines is 1. The van der Waals surface area contributed by atoms with Gasteiger partial charge in [-0.15, -0.1) is 0 Å². The number of nitrogens with zero attached hydrogens (tertiary/aromatic N) is 4. The molecule has 0 spiro atoms. The molecule has 0 saturated heterocycles. The van der Waals surface area contributed by atoms with Crippen LogP contribution < -0.4 is 10.9 Å². The van der Waals surface area contributed by atoms with E-state index >= 15 is 0 Å².